The van der Waals surface area contributed by atoms with Crippen molar-refractivity contribution < 1.29 is 13.6 Å². The number of hydrogen-bond acceptors (Lipinski definition) is 3. The van der Waals surface area contributed by atoms with Crippen LogP contribution in [0.5, 0.6) is 0 Å². The van der Waals surface area contributed by atoms with Gasteiger partial charge in [-0.2, -0.15) is 0 Å². The second-order valence-electron chi connectivity index (χ2n) is 4.52. The smallest absolute Gasteiger partial charge is 0.306 e. The monoisotopic (exact) mass is 250 g/mol. The van der Waals surface area contributed by atoms with Gasteiger partial charge in [0, 0.05) is 13.9 Å². The van der Waals surface area contributed by atoms with E-state index in [4.69, 9.17) is 9.05 Å². The van der Waals surface area contributed by atoms with Crippen LogP contribution in [0.4, 0.5) is 0 Å². The predicted molar refractivity (Wildman–Crippen MR) is 68.2 cm³/mol. The van der Waals surface area contributed by atoms with E-state index >= 15 is 0 Å². The Morgan fingerprint density at radius 1 is 1.13 bits per heavy atom. The standard InChI is InChI=1S/C10H23O3PSi/c1-6-12-14(11,13-7-2)9-8-10-15(3,4)5/h8-9H,6-7,10H2,1-5H3/b9-8+. The zero-order valence-corrected chi connectivity index (χ0v) is 12.3. The molecule has 0 bridgehead atoms. The molecule has 3 nitrogen and oxygen atoms in total. The highest BCUT2D eigenvalue weighted by atomic mass is 31.2. The molecule has 0 radical (unpaired) electrons. The molecule has 0 aromatic carbocycles. The lowest BCUT2D eigenvalue weighted by atomic mass is 10.8. The van der Waals surface area contributed by atoms with Crippen molar-refractivity contribution in [3.8, 4) is 0 Å². The van der Waals surface area contributed by atoms with E-state index in [0.717, 1.165) is 6.04 Å². The van der Waals surface area contributed by atoms with Gasteiger partial charge in [0.1, 0.15) is 0 Å². The third kappa shape index (κ3) is 7.97. The van der Waals surface area contributed by atoms with Crippen LogP contribution in [-0.4, -0.2) is 21.3 Å². The van der Waals surface area contributed by atoms with E-state index in [2.05, 4.69) is 19.6 Å². The molecule has 5 heteroatoms. The summed E-state index contributed by atoms with van der Waals surface area (Å²) in [6, 6.07) is 0.997. The topological polar surface area (TPSA) is 35.5 Å². The summed E-state index contributed by atoms with van der Waals surface area (Å²) in [4.78, 5) is 0. The molecule has 15 heavy (non-hydrogen) atoms. The van der Waals surface area contributed by atoms with Gasteiger partial charge in [-0.15, -0.1) is 0 Å². The van der Waals surface area contributed by atoms with Gasteiger partial charge in [0.15, 0.2) is 0 Å². The van der Waals surface area contributed by atoms with Crippen molar-refractivity contribution in [2.24, 2.45) is 0 Å². The fourth-order valence-corrected chi connectivity index (χ4v) is 3.37. The number of hydrogen-bond donors (Lipinski definition) is 0. The lowest BCUT2D eigenvalue weighted by Gasteiger charge is -2.15. The Balaban J connectivity index is 4.34. The van der Waals surface area contributed by atoms with Crippen LogP contribution in [0, 0.1) is 0 Å². The summed E-state index contributed by atoms with van der Waals surface area (Å²) in [7, 11) is -4.09. The Kier molecular flexibility index (Phi) is 6.69. The van der Waals surface area contributed by atoms with Crippen molar-refractivity contribution in [1.29, 1.82) is 0 Å². The Bertz CT molecular complexity index is 236. The minimum Gasteiger partial charge on any atom is -0.306 e. The number of rotatable bonds is 7. The molecule has 0 N–H and O–H groups in total. The van der Waals surface area contributed by atoms with Crippen LogP contribution in [0.1, 0.15) is 13.8 Å². The molecule has 0 fully saturated rings. The van der Waals surface area contributed by atoms with Gasteiger partial charge in [0.25, 0.3) is 0 Å². The first kappa shape index (κ1) is 15.1. The highest BCUT2D eigenvalue weighted by Gasteiger charge is 2.19. The van der Waals surface area contributed by atoms with Gasteiger partial charge in [0.2, 0.25) is 0 Å². The molecule has 0 rings (SSSR count). The normalized spacial score (nSPS) is 13.7. The third-order valence-corrected chi connectivity index (χ3v) is 4.91. The fraction of sp³-hybridized carbons (Fsp3) is 0.800. The molecule has 0 spiro atoms. The third-order valence-electron chi connectivity index (χ3n) is 1.64. The summed E-state index contributed by atoms with van der Waals surface area (Å²) in [6.07, 6.45) is 1.94. The quantitative estimate of drug-likeness (QED) is 0.504. The Hall–Kier alpha value is 0.107. The van der Waals surface area contributed by atoms with E-state index < -0.39 is 15.7 Å². The average molecular weight is 250 g/mol. The van der Waals surface area contributed by atoms with Gasteiger partial charge in [-0.05, 0) is 19.9 Å². The highest BCUT2D eigenvalue weighted by molar-refractivity contribution is 7.57. The van der Waals surface area contributed by atoms with E-state index in [0.29, 0.717) is 13.2 Å². The molecule has 0 amide bonds. The van der Waals surface area contributed by atoms with Gasteiger partial charge < -0.3 is 9.05 Å². The van der Waals surface area contributed by atoms with Crippen LogP contribution in [0.15, 0.2) is 11.9 Å². The first-order valence-electron chi connectivity index (χ1n) is 5.39. The highest BCUT2D eigenvalue weighted by Crippen LogP contribution is 2.49. The van der Waals surface area contributed by atoms with Gasteiger partial charge in [-0.1, -0.05) is 25.7 Å². The maximum Gasteiger partial charge on any atom is 0.353 e. The van der Waals surface area contributed by atoms with Crippen LogP contribution < -0.4 is 0 Å². The molecule has 0 unspecified atom stereocenters. The summed E-state index contributed by atoms with van der Waals surface area (Å²) in [6.45, 7) is 11.3. The minimum absolute atomic E-state index is 0.411. The van der Waals surface area contributed by atoms with E-state index in [-0.39, 0.29) is 0 Å². The zero-order valence-electron chi connectivity index (χ0n) is 10.4. The van der Waals surface area contributed by atoms with Crippen molar-refractivity contribution in [1.82, 2.24) is 0 Å². The lowest BCUT2D eigenvalue weighted by molar-refractivity contribution is 0.229. The van der Waals surface area contributed by atoms with Crippen molar-refractivity contribution in [2.45, 2.75) is 39.5 Å². The van der Waals surface area contributed by atoms with Crippen LogP contribution in [0.2, 0.25) is 25.7 Å². The molecular formula is C10H23O3PSi. The molecule has 0 heterocycles. The average Bonchev–Trinajstić information content (AvgIpc) is 2.01. The predicted octanol–water partition coefficient (Wildman–Crippen LogP) is 4.10. The second kappa shape index (κ2) is 6.64. The van der Waals surface area contributed by atoms with Crippen LogP contribution in [-0.2, 0) is 13.6 Å². The SMILES string of the molecule is CCOP(=O)(/C=C/C[Si](C)(C)C)OCC. The summed E-state index contributed by atoms with van der Waals surface area (Å²) >= 11 is 0. The van der Waals surface area contributed by atoms with Crippen LogP contribution >= 0.6 is 7.60 Å². The molecule has 0 aromatic rings. The van der Waals surface area contributed by atoms with Gasteiger partial charge >= 0.3 is 7.60 Å². The summed E-state index contributed by atoms with van der Waals surface area (Å²) < 4.78 is 22.3. The number of allylic oxidation sites excluding steroid dienone is 1. The lowest BCUT2D eigenvalue weighted by Crippen LogP contribution is -2.17. The van der Waals surface area contributed by atoms with E-state index in [1.807, 2.05) is 19.9 Å². The first-order valence-corrected chi connectivity index (χ1v) is 10.7. The van der Waals surface area contributed by atoms with E-state index in [1.54, 1.807) is 5.82 Å². The molecule has 0 aromatic heterocycles. The van der Waals surface area contributed by atoms with E-state index in [1.165, 1.54) is 0 Å². The molecule has 0 saturated carbocycles. The molecule has 0 atom stereocenters. The summed E-state index contributed by atoms with van der Waals surface area (Å²) in [5.41, 5.74) is 0. The zero-order chi connectivity index (χ0) is 11.9. The van der Waals surface area contributed by atoms with Crippen molar-refractivity contribution >= 4 is 15.7 Å². The van der Waals surface area contributed by atoms with Crippen LogP contribution in [0.3, 0.4) is 0 Å². The summed E-state index contributed by atoms with van der Waals surface area (Å²) in [5.74, 6) is 1.61. The maximum absolute atomic E-state index is 12.0. The van der Waals surface area contributed by atoms with Gasteiger partial charge in [-0.25, -0.2) is 0 Å². The van der Waals surface area contributed by atoms with Crippen LogP contribution in [0.25, 0.3) is 0 Å². The van der Waals surface area contributed by atoms with Crippen molar-refractivity contribution in [2.75, 3.05) is 13.2 Å². The Labute approximate surface area is 94.4 Å². The fourth-order valence-electron chi connectivity index (χ4n) is 1.02. The second-order valence-corrected chi connectivity index (χ2v) is 11.9. The Morgan fingerprint density at radius 3 is 1.93 bits per heavy atom. The molecule has 90 valence electrons. The van der Waals surface area contributed by atoms with Crippen molar-refractivity contribution in [3.63, 3.8) is 0 Å². The molecule has 0 aliphatic heterocycles. The van der Waals surface area contributed by atoms with Gasteiger partial charge in [0.05, 0.1) is 13.2 Å². The maximum atomic E-state index is 12.0. The summed E-state index contributed by atoms with van der Waals surface area (Å²) in [5, 5.41) is 0. The van der Waals surface area contributed by atoms with Gasteiger partial charge in [-0.3, -0.25) is 4.57 Å². The minimum atomic E-state index is -2.96. The molecule has 0 saturated heterocycles. The molecule has 0 aliphatic rings. The van der Waals surface area contributed by atoms with E-state index in [9.17, 15) is 4.57 Å². The Morgan fingerprint density at radius 2 is 1.60 bits per heavy atom. The van der Waals surface area contributed by atoms with Crippen molar-refractivity contribution in [3.05, 3.63) is 11.9 Å². The first-order chi connectivity index (χ1) is 6.83. The molecule has 0 aliphatic carbocycles. The molecular weight excluding hydrogens is 227 g/mol. The largest absolute Gasteiger partial charge is 0.353 e.